The number of hydrogen-bond donors (Lipinski definition) is 0. The minimum Gasteiger partial charge on any atom is -0.384 e. The fourth-order valence-electron chi connectivity index (χ4n) is 1.59. The third kappa shape index (κ3) is 2.67. The van der Waals surface area contributed by atoms with Crippen molar-refractivity contribution < 1.29 is 4.74 Å². The molecule has 1 aromatic rings. The normalized spacial score (nSPS) is 17.8. The number of methoxy groups -OCH3 is 1. The van der Waals surface area contributed by atoms with Gasteiger partial charge in [-0.3, -0.25) is 0 Å². The molecule has 0 saturated heterocycles. The Balaban J connectivity index is 2.22. The van der Waals surface area contributed by atoms with Crippen molar-refractivity contribution in [2.45, 2.75) is 31.6 Å². The molecule has 0 aliphatic heterocycles. The molecule has 1 aliphatic rings. The molecule has 1 aromatic heterocycles. The lowest BCUT2D eigenvalue weighted by molar-refractivity contribution is 0.181. The smallest absolute Gasteiger partial charge is 0.135 e. The zero-order valence-electron chi connectivity index (χ0n) is 9.03. The van der Waals surface area contributed by atoms with E-state index in [2.05, 4.69) is 9.97 Å². The lowest BCUT2D eigenvalue weighted by atomic mass is 10.1. The Kier molecular flexibility index (Phi) is 3.22. The first-order chi connectivity index (χ1) is 7.20. The summed E-state index contributed by atoms with van der Waals surface area (Å²) in [6.45, 7) is 2.68. The molecular weight excluding hydrogens is 212 g/mol. The molecule has 1 fully saturated rings. The van der Waals surface area contributed by atoms with E-state index >= 15 is 0 Å². The fourth-order valence-corrected chi connectivity index (χ4v) is 1.78. The Morgan fingerprint density at radius 2 is 2.27 bits per heavy atom. The number of halogens is 1. The highest BCUT2D eigenvalue weighted by Gasteiger charge is 2.26. The summed E-state index contributed by atoms with van der Waals surface area (Å²) < 4.78 is 5.09. The Hall–Kier alpha value is -0.670. The number of aromatic nitrogens is 2. The van der Waals surface area contributed by atoms with Crippen molar-refractivity contribution in [1.82, 2.24) is 9.97 Å². The van der Waals surface area contributed by atoms with Gasteiger partial charge in [0, 0.05) is 24.6 Å². The zero-order chi connectivity index (χ0) is 10.8. The van der Waals surface area contributed by atoms with Crippen LogP contribution in [-0.4, -0.2) is 23.7 Å². The largest absolute Gasteiger partial charge is 0.384 e. The molecular formula is C11H15ClN2O. The van der Waals surface area contributed by atoms with Gasteiger partial charge >= 0.3 is 0 Å². The van der Waals surface area contributed by atoms with E-state index in [1.807, 2.05) is 13.0 Å². The maximum absolute atomic E-state index is 5.97. The van der Waals surface area contributed by atoms with Crippen LogP contribution >= 0.6 is 11.6 Å². The monoisotopic (exact) mass is 226 g/mol. The second kappa shape index (κ2) is 4.45. The predicted molar refractivity (Wildman–Crippen MR) is 59.3 cm³/mol. The van der Waals surface area contributed by atoms with Gasteiger partial charge in [-0.1, -0.05) is 18.5 Å². The summed E-state index contributed by atoms with van der Waals surface area (Å²) in [6.07, 6.45) is 2.46. The molecule has 0 aromatic carbocycles. The van der Waals surface area contributed by atoms with Crippen molar-refractivity contribution in [3.63, 3.8) is 0 Å². The van der Waals surface area contributed by atoms with E-state index in [1.165, 1.54) is 12.8 Å². The topological polar surface area (TPSA) is 35.0 Å². The molecule has 1 unspecified atom stereocenters. The minimum atomic E-state index is 0.200. The van der Waals surface area contributed by atoms with Gasteiger partial charge in [-0.2, -0.15) is 0 Å². The van der Waals surface area contributed by atoms with E-state index in [9.17, 15) is 0 Å². The zero-order valence-corrected chi connectivity index (χ0v) is 9.79. The predicted octanol–water partition coefficient (Wildman–Crippen LogP) is 2.76. The fraction of sp³-hybridized carbons (Fsp3) is 0.636. The maximum Gasteiger partial charge on any atom is 0.135 e. The quantitative estimate of drug-likeness (QED) is 0.741. The number of rotatable bonds is 4. The van der Waals surface area contributed by atoms with Crippen LogP contribution < -0.4 is 0 Å². The van der Waals surface area contributed by atoms with Crippen molar-refractivity contribution in [1.29, 1.82) is 0 Å². The van der Waals surface area contributed by atoms with Crippen LogP contribution in [0.4, 0.5) is 0 Å². The van der Waals surface area contributed by atoms with Gasteiger partial charge in [0.15, 0.2) is 0 Å². The van der Waals surface area contributed by atoms with Crippen LogP contribution in [0.1, 0.15) is 43.1 Å². The molecule has 2 rings (SSSR count). The second-order valence-corrected chi connectivity index (χ2v) is 4.49. The van der Waals surface area contributed by atoms with Crippen LogP contribution in [0.2, 0.25) is 5.15 Å². The van der Waals surface area contributed by atoms with E-state index < -0.39 is 0 Å². The van der Waals surface area contributed by atoms with Crippen LogP contribution in [-0.2, 0) is 4.74 Å². The molecule has 0 N–H and O–H groups in total. The summed E-state index contributed by atoms with van der Waals surface area (Å²) in [5.74, 6) is 1.61. The Labute approximate surface area is 94.8 Å². The van der Waals surface area contributed by atoms with Gasteiger partial charge in [0.2, 0.25) is 0 Å². The number of ether oxygens (including phenoxy) is 1. The minimum absolute atomic E-state index is 0.200. The standard InChI is InChI=1S/C11H15ClN2O/c1-7(6-15-2)11-13-9(8-3-4-8)5-10(12)14-11/h5,7-8H,3-4,6H2,1-2H3. The van der Waals surface area contributed by atoms with Gasteiger partial charge < -0.3 is 4.74 Å². The first-order valence-corrected chi connectivity index (χ1v) is 5.62. The van der Waals surface area contributed by atoms with Gasteiger partial charge in [0.05, 0.1) is 6.61 Å². The van der Waals surface area contributed by atoms with Crippen molar-refractivity contribution >= 4 is 11.6 Å². The van der Waals surface area contributed by atoms with Crippen LogP contribution in [0.5, 0.6) is 0 Å². The lowest BCUT2D eigenvalue weighted by Gasteiger charge is -2.10. The molecule has 1 atom stereocenters. The Bertz CT molecular complexity index is 352. The number of hydrogen-bond acceptors (Lipinski definition) is 3. The maximum atomic E-state index is 5.97. The van der Waals surface area contributed by atoms with E-state index in [0.29, 0.717) is 17.7 Å². The Morgan fingerprint density at radius 1 is 1.53 bits per heavy atom. The van der Waals surface area contributed by atoms with Crippen LogP contribution in [0.3, 0.4) is 0 Å². The number of nitrogens with zero attached hydrogens (tertiary/aromatic N) is 2. The second-order valence-electron chi connectivity index (χ2n) is 4.10. The highest BCUT2D eigenvalue weighted by molar-refractivity contribution is 6.29. The van der Waals surface area contributed by atoms with Gasteiger partial charge in [-0.25, -0.2) is 9.97 Å². The molecule has 1 heterocycles. The summed E-state index contributed by atoms with van der Waals surface area (Å²) in [6, 6.07) is 1.88. The van der Waals surface area contributed by atoms with Gasteiger partial charge in [0.1, 0.15) is 11.0 Å². The van der Waals surface area contributed by atoms with Crippen molar-refractivity contribution in [3.8, 4) is 0 Å². The summed E-state index contributed by atoms with van der Waals surface area (Å²) in [5, 5.41) is 0.546. The molecule has 0 radical (unpaired) electrons. The molecule has 0 spiro atoms. The third-order valence-electron chi connectivity index (χ3n) is 2.59. The molecule has 1 aliphatic carbocycles. The molecule has 15 heavy (non-hydrogen) atoms. The van der Waals surface area contributed by atoms with Crippen LogP contribution in [0.25, 0.3) is 0 Å². The van der Waals surface area contributed by atoms with E-state index in [0.717, 1.165) is 11.5 Å². The molecule has 0 bridgehead atoms. The molecule has 1 saturated carbocycles. The SMILES string of the molecule is COCC(C)c1nc(Cl)cc(C2CC2)n1. The lowest BCUT2D eigenvalue weighted by Crippen LogP contribution is -2.08. The Morgan fingerprint density at radius 3 is 2.87 bits per heavy atom. The van der Waals surface area contributed by atoms with Crippen molar-refractivity contribution in [2.24, 2.45) is 0 Å². The highest BCUT2D eigenvalue weighted by Crippen LogP contribution is 2.39. The summed E-state index contributed by atoms with van der Waals surface area (Å²) in [4.78, 5) is 8.78. The van der Waals surface area contributed by atoms with Gasteiger partial charge in [0.25, 0.3) is 0 Å². The summed E-state index contributed by atoms with van der Waals surface area (Å²) in [7, 11) is 1.68. The van der Waals surface area contributed by atoms with Crippen LogP contribution in [0.15, 0.2) is 6.07 Å². The van der Waals surface area contributed by atoms with Gasteiger partial charge in [-0.05, 0) is 18.9 Å². The molecule has 3 nitrogen and oxygen atoms in total. The molecule has 0 amide bonds. The van der Waals surface area contributed by atoms with Crippen molar-refractivity contribution in [3.05, 3.63) is 22.7 Å². The summed E-state index contributed by atoms with van der Waals surface area (Å²) >= 11 is 5.97. The van der Waals surface area contributed by atoms with Crippen molar-refractivity contribution in [2.75, 3.05) is 13.7 Å². The van der Waals surface area contributed by atoms with E-state index in [1.54, 1.807) is 7.11 Å². The average Bonchev–Trinajstić information content (AvgIpc) is 3.00. The first-order valence-electron chi connectivity index (χ1n) is 5.24. The first kappa shape index (κ1) is 10.8. The van der Waals surface area contributed by atoms with Crippen LogP contribution in [0, 0.1) is 0 Å². The highest BCUT2D eigenvalue weighted by atomic mass is 35.5. The van der Waals surface area contributed by atoms with E-state index in [4.69, 9.17) is 16.3 Å². The molecule has 82 valence electrons. The average molecular weight is 227 g/mol. The third-order valence-corrected chi connectivity index (χ3v) is 2.78. The van der Waals surface area contributed by atoms with Gasteiger partial charge in [-0.15, -0.1) is 0 Å². The molecule has 4 heteroatoms. The summed E-state index contributed by atoms with van der Waals surface area (Å²) in [5.41, 5.74) is 1.09. The van der Waals surface area contributed by atoms with E-state index in [-0.39, 0.29) is 5.92 Å².